The van der Waals surface area contributed by atoms with Gasteiger partial charge in [0.2, 0.25) is 5.16 Å². The van der Waals surface area contributed by atoms with Crippen molar-refractivity contribution in [2.24, 2.45) is 0 Å². The molecule has 4 atom stereocenters. The number of hydrogen-bond donors (Lipinski definition) is 4. The van der Waals surface area contributed by atoms with Crippen molar-refractivity contribution in [3.63, 3.8) is 0 Å². The number of aromatic nitrogens is 4. The summed E-state index contributed by atoms with van der Waals surface area (Å²) in [5, 5.41) is 38.0. The maximum Gasteiger partial charge on any atom is 0.315 e. The van der Waals surface area contributed by atoms with E-state index in [0.29, 0.717) is 24.0 Å². The number of nitrogens with one attached hydrogen (secondary N) is 2. The van der Waals surface area contributed by atoms with Crippen molar-refractivity contribution in [3.05, 3.63) is 131 Å². The van der Waals surface area contributed by atoms with Gasteiger partial charge in [-0.3, -0.25) is 0 Å². The molecule has 47 heavy (non-hydrogen) atoms. The molecule has 0 bridgehead atoms. The lowest BCUT2D eigenvalue weighted by Gasteiger charge is -2.43. The molecule has 4 aromatic carbocycles. The summed E-state index contributed by atoms with van der Waals surface area (Å²) in [6.45, 7) is 2.78. The van der Waals surface area contributed by atoms with Crippen LogP contribution < -0.4 is 10.6 Å². The van der Waals surface area contributed by atoms with Gasteiger partial charge in [0.25, 0.3) is 0 Å². The number of benzene rings is 4. The highest BCUT2D eigenvalue weighted by Crippen LogP contribution is 2.48. The van der Waals surface area contributed by atoms with Crippen molar-refractivity contribution in [1.82, 2.24) is 30.8 Å². The first-order chi connectivity index (χ1) is 23.0. The average Bonchev–Trinajstić information content (AvgIpc) is 3.59. The van der Waals surface area contributed by atoms with Gasteiger partial charge in [-0.2, -0.15) is 4.68 Å². The second kappa shape index (κ2) is 15.2. The Morgan fingerprint density at radius 3 is 2.26 bits per heavy atom. The normalized spacial score (nSPS) is 19.3. The number of phenolic OH excluding ortho intramolecular Hbond substituents is 1. The lowest BCUT2D eigenvalue weighted by atomic mass is 9.84. The first kappa shape index (κ1) is 32.2. The molecule has 4 N–H and O–H groups in total. The summed E-state index contributed by atoms with van der Waals surface area (Å²) in [6.07, 6.45) is -1.38. The fraction of sp³-hybridized carbons (Fsp3) is 0.257. The maximum atomic E-state index is 11.9. The highest BCUT2D eigenvalue weighted by Gasteiger charge is 2.42. The fourth-order valence-corrected chi connectivity index (χ4v) is 6.49. The monoisotopic (exact) mass is 652 g/mol. The third-order valence-corrected chi connectivity index (χ3v) is 8.93. The summed E-state index contributed by atoms with van der Waals surface area (Å²) in [7, 11) is 0. The molecule has 0 spiro atoms. The van der Waals surface area contributed by atoms with Crippen LogP contribution in [0.15, 0.2) is 108 Å². The van der Waals surface area contributed by atoms with Crippen LogP contribution in [0.3, 0.4) is 0 Å². The van der Waals surface area contributed by atoms with Crippen LogP contribution >= 0.6 is 11.8 Å². The number of aliphatic hydroxyl groups is 1. The van der Waals surface area contributed by atoms with Crippen molar-refractivity contribution in [2.45, 2.75) is 49.6 Å². The Hall–Kier alpha value is -4.75. The van der Waals surface area contributed by atoms with Gasteiger partial charge in [0.1, 0.15) is 5.75 Å². The Morgan fingerprint density at radius 2 is 1.55 bits per heavy atom. The smallest absolute Gasteiger partial charge is 0.315 e. The van der Waals surface area contributed by atoms with Gasteiger partial charge in [-0.05, 0) is 63.9 Å². The summed E-state index contributed by atoms with van der Waals surface area (Å²) < 4.78 is 15.2. The molecule has 242 valence electrons. The van der Waals surface area contributed by atoms with Crippen LogP contribution in [-0.2, 0) is 22.6 Å². The number of carbonyl (C=O) groups is 1. The Kier molecular flexibility index (Phi) is 10.4. The summed E-state index contributed by atoms with van der Waals surface area (Å²) in [6, 6.07) is 32.3. The third kappa shape index (κ3) is 7.80. The molecular formula is C35H36N6O5S. The minimum atomic E-state index is -0.679. The van der Waals surface area contributed by atoms with Crippen LogP contribution in [0.5, 0.6) is 5.75 Å². The number of rotatable bonds is 11. The molecule has 1 fully saturated rings. The number of aliphatic hydroxyl groups excluding tert-OH is 1. The molecule has 12 heteroatoms. The number of carbonyl (C=O) groups excluding carboxylic acids is 1. The largest absolute Gasteiger partial charge is 0.508 e. The van der Waals surface area contributed by atoms with E-state index in [4.69, 9.17) is 9.47 Å². The van der Waals surface area contributed by atoms with Crippen molar-refractivity contribution in [2.75, 3.05) is 12.3 Å². The maximum absolute atomic E-state index is 11.9. The second-order valence-corrected chi connectivity index (χ2v) is 12.0. The van der Waals surface area contributed by atoms with Gasteiger partial charge in [0.15, 0.2) is 6.29 Å². The first-order valence-electron chi connectivity index (χ1n) is 15.4. The SMILES string of the molecule is CCNC(=O)NCc1ccc(C2O[C@H](CSc3nnnn3-c3ccc(O)cc3)[C@@H](c3ccccc3)[C@H](c3ccc(CO)cc3)O2)cc1. The highest BCUT2D eigenvalue weighted by atomic mass is 32.2. The Bertz CT molecular complexity index is 1740. The van der Waals surface area contributed by atoms with Crippen LogP contribution in [0, 0.1) is 0 Å². The quantitative estimate of drug-likeness (QED) is 0.138. The molecule has 2 heterocycles. The van der Waals surface area contributed by atoms with E-state index in [2.05, 4.69) is 38.3 Å². The lowest BCUT2D eigenvalue weighted by molar-refractivity contribution is -0.255. The molecule has 1 unspecified atom stereocenters. The van der Waals surface area contributed by atoms with E-state index in [-0.39, 0.29) is 36.5 Å². The van der Waals surface area contributed by atoms with E-state index in [1.54, 1.807) is 28.9 Å². The summed E-state index contributed by atoms with van der Waals surface area (Å²) in [4.78, 5) is 11.9. The number of nitrogens with zero attached hydrogens (tertiary/aromatic N) is 4. The van der Waals surface area contributed by atoms with E-state index in [1.165, 1.54) is 11.8 Å². The molecule has 5 aromatic rings. The summed E-state index contributed by atoms with van der Waals surface area (Å²) in [5.41, 5.74) is 5.37. The number of tetrazole rings is 1. The van der Waals surface area contributed by atoms with Crippen molar-refractivity contribution in [1.29, 1.82) is 0 Å². The van der Waals surface area contributed by atoms with Gasteiger partial charge in [-0.1, -0.05) is 90.6 Å². The minimum Gasteiger partial charge on any atom is -0.508 e. The number of amides is 2. The van der Waals surface area contributed by atoms with E-state index in [9.17, 15) is 15.0 Å². The topological polar surface area (TPSA) is 144 Å². The van der Waals surface area contributed by atoms with Crippen LogP contribution in [0.25, 0.3) is 5.69 Å². The number of hydrogen-bond acceptors (Lipinski definition) is 9. The minimum absolute atomic E-state index is 0.0457. The molecule has 0 saturated carbocycles. The van der Waals surface area contributed by atoms with Crippen molar-refractivity contribution < 1.29 is 24.5 Å². The molecule has 6 rings (SSSR count). The zero-order valence-electron chi connectivity index (χ0n) is 25.8. The summed E-state index contributed by atoms with van der Waals surface area (Å²) in [5.74, 6) is 0.490. The fourth-order valence-electron chi connectivity index (χ4n) is 5.53. The Balaban J connectivity index is 1.31. The zero-order chi connectivity index (χ0) is 32.6. The molecule has 1 aromatic heterocycles. The molecular weight excluding hydrogens is 616 g/mol. The first-order valence-corrected chi connectivity index (χ1v) is 16.4. The van der Waals surface area contributed by atoms with Crippen LogP contribution in [-0.4, -0.2) is 54.9 Å². The second-order valence-electron chi connectivity index (χ2n) is 11.1. The summed E-state index contributed by atoms with van der Waals surface area (Å²) >= 11 is 1.48. The van der Waals surface area contributed by atoms with Gasteiger partial charge in [0, 0.05) is 30.3 Å². The lowest BCUT2D eigenvalue weighted by Crippen LogP contribution is -2.38. The van der Waals surface area contributed by atoms with Gasteiger partial charge in [0.05, 0.1) is 24.5 Å². The van der Waals surface area contributed by atoms with Crippen molar-refractivity contribution >= 4 is 17.8 Å². The van der Waals surface area contributed by atoms with E-state index < -0.39 is 6.29 Å². The van der Waals surface area contributed by atoms with E-state index >= 15 is 0 Å². The molecule has 1 aliphatic rings. The molecule has 1 aliphatic heterocycles. The van der Waals surface area contributed by atoms with Crippen LogP contribution in [0.2, 0.25) is 0 Å². The number of thioether (sulfide) groups is 1. The predicted octanol–water partition coefficient (Wildman–Crippen LogP) is 5.41. The standard InChI is InChI=1S/C35H36N6O5S/c1-2-36-34(44)37-20-23-8-14-27(15-9-23)33-45-30(22-47-35-38-39-40-41(35)28-16-18-29(43)19-17-28)31(25-6-4-3-5-7-25)32(46-33)26-12-10-24(21-42)11-13-26/h3-19,30-33,42-43H,2,20-22H2,1H3,(H2,36,37,44)/t30-,31-,32+,33?/m1/s1. The van der Waals surface area contributed by atoms with Gasteiger partial charge in [-0.15, -0.1) is 5.10 Å². The highest BCUT2D eigenvalue weighted by molar-refractivity contribution is 7.99. The van der Waals surface area contributed by atoms with Gasteiger partial charge < -0.3 is 30.3 Å². The molecule has 2 amide bonds. The number of aromatic hydroxyl groups is 1. The van der Waals surface area contributed by atoms with Gasteiger partial charge in [-0.25, -0.2) is 4.79 Å². The molecule has 11 nitrogen and oxygen atoms in total. The molecule has 1 saturated heterocycles. The molecule has 0 radical (unpaired) electrons. The van der Waals surface area contributed by atoms with Gasteiger partial charge >= 0.3 is 6.03 Å². The Labute approximate surface area is 276 Å². The van der Waals surface area contributed by atoms with Crippen LogP contribution in [0.4, 0.5) is 4.79 Å². The Morgan fingerprint density at radius 1 is 0.851 bits per heavy atom. The van der Waals surface area contributed by atoms with Crippen molar-refractivity contribution in [3.8, 4) is 11.4 Å². The van der Waals surface area contributed by atoms with E-state index in [0.717, 1.165) is 33.5 Å². The third-order valence-electron chi connectivity index (χ3n) is 7.92. The van der Waals surface area contributed by atoms with E-state index in [1.807, 2.05) is 73.7 Å². The number of ether oxygens (including phenoxy) is 2. The van der Waals surface area contributed by atoms with Crippen LogP contribution in [0.1, 0.15) is 53.1 Å². The predicted molar refractivity (Wildman–Crippen MR) is 177 cm³/mol. The zero-order valence-corrected chi connectivity index (χ0v) is 26.6. The number of urea groups is 1. The number of phenols is 1. The molecule has 0 aliphatic carbocycles. The average molecular weight is 653 g/mol.